The number of rotatable bonds is 8. The number of hydrogen-bond donors (Lipinski definition) is 3. The van der Waals surface area contributed by atoms with E-state index in [2.05, 4.69) is 10.6 Å². The van der Waals surface area contributed by atoms with Crippen molar-refractivity contribution < 1.29 is 33.0 Å². The van der Waals surface area contributed by atoms with Crippen molar-refractivity contribution in [3.8, 4) is 11.1 Å². The summed E-state index contributed by atoms with van der Waals surface area (Å²) in [4.78, 5) is 36.3. The molecule has 2 aliphatic rings. The van der Waals surface area contributed by atoms with Crippen LogP contribution in [0.3, 0.4) is 0 Å². The van der Waals surface area contributed by atoms with E-state index in [4.69, 9.17) is 9.84 Å². The fourth-order valence-electron chi connectivity index (χ4n) is 4.67. The highest BCUT2D eigenvalue weighted by atomic mass is 19.3. The lowest BCUT2D eigenvalue weighted by Gasteiger charge is -2.39. The molecule has 3 N–H and O–H groups in total. The van der Waals surface area contributed by atoms with E-state index >= 15 is 0 Å². The Morgan fingerprint density at radius 2 is 1.59 bits per heavy atom. The number of benzene rings is 2. The Morgan fingerprint density at radius 3 is 2.12 bits per heavy atom. The predicted octanol–water partition coefficient (Wildman–Crippen LogP) is 3.92. The molecule has 34 heavy (non-hydrogen) atoms. The highest BCUT2D eigenvalue weighted by Gasteiger charge is 2.47. The molecule has 0 radical (unpaired) electrons. The highest BCUT2D eigenvalue weighted by Crippen LogP contribution is 2.45. The molecule has 0 spiro atoms. The lowest BCUT2D eigenvalue weighted by Crippen LogP contribution is -2.54. The molecule has 0 heterocycles. The van der Waals surface area contributed by atoms with Crippen LogP contribution in [-0.4, -0.2) is 47.7 Å². The molecule has 2 aliphatic carbocycles. The van der Waals surface area contributed by atoms with Gasteiger partial charge in [0, 0.05) is 24.8 Å². The number of fused-ring (bicyclic) bond motifs is 3. The number of carbonyl (C=O) groups excluding carboxylic acids is 2. The third-order valence-corrected chi connectivity index (χ3v) is 6.53. The Kier molecular flexibility index (Phi) is 6.54. The highest BCUT2D eigenvalue weighted by molar-refractivity contribution is 5.89. The first-order valence-corrected chi connectivity index (χ1v) is 11.2. The van der Waals surface area contributed by atoms with Crippen molar-refractivity contribution in [3.05, 3.63) is 59.7 Å². The lowest BCUT2D eigenvalue weighted by molar-refractivity contribution is -0.140. The number of halogens is 2. The molecule has 7 nitrogen and oxygen atoms in total. The maximum absolute atomic E-state index is 13.1. The summed E-state index contributed by atoms with van der Waals surface area (Å²) in [6.07, 6.45) is -2.26. The molecule has 2 atom stereocenters. The van der Waals surface area contributed by atoms with Gasteiger partial charge in [-0.05, 0) is 35.1 Å². The average molecular weight is 472 g/mol. The van der Waals surface area contributed by atoms with E-state index in [-0.39, 0.29) is 25.4 Å². The minimum absolute atomic E-state index is 0.00876. The summed E-state index contributed by atoms with van der Waals surface area (Å²) in [7, 11) is 0. The summed E-state index contributed by atoms with van der Waals surface area (Å²) in [6, 6.07) is 13.7. The first-order chi connectivity index (χ1) is 16.1. The molecule has 1 fully saturated rings. The third kappa shape index (κ3) is 5.03. The van der Waals surface area contributed by atoms with Crippen LogP contribution >= 0.6 is 0 Å². The zero-order valence-corrected chi connectivity index (χ0v) is 18.6. The molecule has 0 saturated heterocycles. The number of nitrogens with one attached hydrogen (secondary N) is 2. The van der Waals surface area contributed by atoms with E-state index in [9.17, 15) is 23.2 Å². The number of carboxylic acids is 1. The maximum atomic E-state index is 13.1. The second-order valence-electron chi connectivity index (χ2n) is 8.94. The van der Waals surface area contributed by atoms with E-state index in [1.54, 1.807) is 6.92 Å². The number of carboxylic acid groups (broad SMARTS) is 1. The molecule has 0 bridgehead atoms. The van der Waals surface area contributed by atoms with Crippen molar-refractivity contribution in [3.63, 3.8) is 0 Å². The van der Waals surface area contributed by atoms with E-state index in [0.29, 0.717) is 0 Å². The summed E-state index contributed by atoms with van der Waals surface area (Å²) in [6.45, 7) is 1.60. The molecular weight excluding hydrogens is 446 g/mol. The molecule has 9 heteroatoms. The number of ether oxygens (including phenoxy) is 1. The summed E-state index contributed by atoms with van der Waals surface area (Å²) in [5, 5.41) is 14.0. The normalized spacial score (nSPS) is 18.1. The third-order valence-electron chi connectivity index (χ3n) is 6.53. The van der Waals surface area contributed by atoms with Crippen LogP contribution in [0.2, 0.25) is 0 Å². The van der Waals surface area contributed by atoms with Gasteiger partial charge in [0.1, 0.15) is 12.6 Å². The standard InChI is InChI=1S/C25H26F2N2O5/c1-14(15-11-25(26,27)12-15)28-23(32)21(10-22(30)31)29-24(33)34-13-20-18-8-4-2-6-16(18)17-7-3-5-9-19(17)20/h2-9,14-15,20-21H,10-13H2,1H3,(H,28,32)(H,29,33)(H,30,31). The monoisotopic (exact) mass is 472 g/mol. The van der Waals surface area contributed by atoms with Crippen LogP contribution in [0.5, 0.6) is 0 Å². The van der Waals surface area contributed by atoms with Crippen LogP contribution in [0.4, 0.5) is 13.6 Å². The number of alkyl halides is 2. The van der Waals surface area contributed by atoms with Crippen LogP contribution in [0.1, 0.15) is 43.2 Å². The van der Waals surface area contributed by atoms with E-state index in [1.807, 2.05) is 48.5 Å². The minimum atomic E-state index is -2.73. The van der Waals surface area contributed by atoms with Gasteiger partial charge in [0.15, 0.2) is 0 Å². The van der Waals surface area contributed by atoms with Gasteiger partial charge in [0.05, 0.1) is 6.42 Å². The number of carbonyl (C=O) groups is 3. The fourth-order valence-corrected chi connectivity index (χ4v) is 4.67. The first-order valence-electron chi connectivity index (χ1n) is 11.2. The Bertz CT molecular complexity index is 1050. The summed E-state index contributed by atoms with van der Waals surface area (Å²) in [5.74, 6) is -5.37. The van der Waals surface area contributed by atoms with Gasteiger partial charge in [-0.2, -0.15) is 0 Å². The lowest BCUT2D eigenvalue weighted by atomic mass is 9.77. The number of aliphatic carboxylic acids is 1. The minimum Gasteiger partial charge on any atom is -0.481 e. The molecule has 2 aromatic rings. The largest absolute Gasteiger partial charge is 0.481 e. The molecule has 0 aliphatic heterocycles. The van der Waals surface area contributed by atoms with Crippen molar-refractivity contribution in [1.29, 1.82) is 0 Å². The molecule has 1 saturated carbocycles. The quantitative estimate of drug-likeness (QED) is 0.540. The van der Waals surface area contributed by atoms with Gasteiger partial charge >= 0.3 is 12.1 Å². The molecule has 2 amide bonds. The number of amides is 2. The van der Waals surface area contributed by atoms with Crippen molar-refractivity contribution in [2.75, 3.05) is 6.61 Å². The zero-order valence-electron chi connectivity index (χ0n) is 18.6. The van der Waals surface area contributed by atoms with Crippen molar-refractivity contribution >= 4 is 18.0 Å². The van der Waals surface area contributed by atoms with Crippen LogP contribution in [-0.2, 0) is 14.3 Å². The van der Waals surface area contributed by atoms with E-state index in [1.165, 1.54) is 0 Å². The Labute approximate surface area is 195 Å². The molecule has 4 rings (SSSR count). The maximum Gasteiger partial charge on any atom is 0.407 e. The van der Waals surface area contributed by atoms with Crippen molar-refractivity contribution in [2.45, 2.75) is 50.1 Å². The second-order valence-corrected chi connectivity index (χ2v) is 8.94. The Hall–Kier alpha value is -3.49. The van der Waals surface area contributed by atoms with Crippen LogP contribution in [0, 0.1) is 5.92 Å². The smallest absolute Gasteiger partial charge is 0.407 e. The molecule has 180 valence electrons. The van der Waals surface area contributed by atoms with Gasteiger partial charge in [-0.1, -0.05) is 48.5 Å². The summed E-state index contributed by atoms with van der Waals surface area (Å²) in [5.41, 5.74) is 4.15. The van der Waals surface area contributed by atoms with Gasteiger partial charge in [-0.15, -0.1) is 0 Å². The summed E-state index contributed by atoms with van der Waals surface area (Å²) >= 11 is 0. The summed E-state index contributed by atoms with van der Waals surface area (Å²) < 4.78 is 31.6. The van der Waals surface area contributed by atoms with E-state index in [0.717, 1.165) is 22.3 Å². The van der Waals surface area contributed by atoms with Crippen LogP contribution in [0.25, 0.3) is 11.1 Å². The number of alkyl carbamates (subject to hydrolysis) is 1. The van der Waals surface area contributed by atoms with Crippen LogP contribution < -0.4 is 10.6 Å². The molecule has 0 aromatic heterocycles. The Balaban J connectivity index is 1.37. The predicted molar refractivity (Wildman–Crippen MR) is 120 cm³/mol. The Morgan fingerprint density at radius 1 is 1.03 bits per heavy atom. The zero-order chi connectivity index (χ0) is 24.5. The average Bonchev–Trinajstić information content (AvgIpc) is 3.09. The first kappa shape index (κ1) is 23.7. The van der Waals surface area contributed by atoms with Gasteiger partial charge in [-0.25, -0.2) is 13.6 Å². The van der Waals surface area contributed by atoms with Gasteiger partial charge in [0.25, 0.3) is 0 Å². The topological polar surface area (TPSA) is 105 Å². The van der Waals surface area contributed by atoms with Gasteiger partial charge in [0.2, 0.25) is 11.8 Å². The number of hydrogen-bond acceptors (Lipinski definition) is 4. The van der Waals surface area contributed by atoms with Gasteiger partial charge in [-0.3, -0.25) is 9.59 Å². The van der Waals surface area contributed by atoms with Gasteiger partial charge < -0.3 is 20.5 Å². The van der Waals surface area contributed by atoms with Crippen molar-refractivity contribution in [1.82, 2.24) is 10.6 Å². The molecule has 2 aromatic carbocycles. The SMILES string of the molecule is CC(NC(=O)C(CC(=O)O)NC(=O)OCC1c2ccccc2-c2ccccc21)C1CC(F)(F)C1. The molecular formula is C25H26F2N2O5. The van der Waals surface area contributed by atoms with Crippen molar-refractivity contribution in [2.24, 2.45) is 5.92 Å². The van der Waals surface area contributed by atoms with E-state index < -0.39 is 48.3 Å². The molecule has 2 unspecified atom stereocenters. The van der Waals surface area contributed by atoms with Crippen LogP contribution in [0.15, 0.2) is 48.5 Å². The fraction of sp³-hybridized carbons (Fsp3) is 0.400. The second kappa shape index (κ2) is 9.40.